The van der Waals surface area contributed by atoms with Gasteiger partial charge in [-0.15, -0.1) is 0 Å². The molecule has 0 unspecified atom stereocenters. The molecule has 1 aromatic heterocycles. The summed E-state index contributed by atoms with van der Waals surface area (Å²) in [6.45, 7) is 7.26. The Bertz CT molecular complexity index is 1450. The summed E-state index contributed by atoms with van der Waals surface area (Å²) in [5.74, 6) is 0.138. The maximum Gasteiger partial charge on any atom is 0.404 e. The zero-order valence-corrected chi connectivity index (χ0v) is 25.2. The smallest absolute Gasteiger partial charge is 0.404 e. The monoisotopic (exact) mass is 609 g/mol. The third-order valence-corrected chi connectivity index (χ3v) is 8.01. The molecule has 44 heavy (non-hydrogen) atoms. The van der Waals surface area contributed by atoms with Gasteiger partial charge in [-0.05, 0) is 81.8 Å². The molecule has 1 atom stereocenters. The van der Waals surface area contributed by atoms with Gasteiger partial charge in [0.25, 0.3) is 5.91 Å². The van der Waals surface area contributed by atoms with Crippen molar-refractivity contribution in [3.8, 4) is 11.1 Å². The summed E-state index contributed by atoms with van der Waals surface area (Å²) in [5, 5.41) is 2.76. The number of nitrogens with zero attached hydrogens (tertiary/aromatic N) is 4. The second-order valence-corrected chi connectivity index (χ2v) is 12.4. The van der Waals surface area contributed by atoms with Gasteiger partial charge in [-0.2, -0.15) is 13.2 Å². The molecule has 0 spiro atoms. The van der Waals surface area contributed by atoms with E-state index in [-0.39, 0.29) is 30.7 Å². The number of alkyl halides is 3. The zero-order chi connectivity index (χ0) is 31.5. The van der Waals surface area contributed by atoms with E-state index in [9.17, 15) is 22.8 Å². The number of hydrogen-bond donors (Lipinski definition) is 1. The molecule has 1 amide bonds. The van der Waals surface area contributed by atoms with Gasteiger partial charge in [0.1, 0.15) is 17.5 Å². The Labute approximate surface area is 255 Å². The van der Waals surface area contributed by atoms with Crippen LogP contribution in [0.4, 0.5) is 24.8 Å². The average Bonchev–Trinajstić information content (AvgIpc) is 3.46. The Morgan fingerprint density at radius 1 is 0.955 bits per heavy atom. The number of esters is 1. The van der Waals surface area contributed by atoms with Crippen LogP contribution in [-0.2, 0) is 16.1 Å². The van der Waals surface area contributed by atoms with Gasteiger partial charge < -0.3 is 15.0 Å². The highest BCUT2D eigenvalue weighted by atomic mass is 19.4. The first-order valence-corrected chi connectivity index (χ1v) is 15.0. The lowest BCUT2D eigenvalue weighted by atomic mass is 9.96. The molecule has 2 fully saturated rings. The van der Waals surface area contributed by atoms with Crippen molar-refractivity contribution < 1.29 is 27.5 Å². The Kier molecular flexibility index (Phi) is 9.24. The molecule has 1 N–H and O–H groups in total. The van der Waals surface area contributed by atoms with Crippen molar-refractivity contribution in [1.29, 1.82) is 0 Å². The normalized spacial score (nSPS) is 18.3. The van der Waals surface area contributed by atoms with Gasteiger partial charge in [0.05, 0.1) is 18.3 Å². The molecule has 5 rings (SSSR count). The molecular weight excluding hydrogens is 571 g/mol. The van der Waals surface area contributed by atoms with Crippen molar-refractivity contribution in [2.75, 3.05) is 29.9 Å². The molecule has 2 aliphatic heterocycles. The van der Waals surface area contributed by atoms with Gasteiger partial charge in [-0.25, -0.2) is 9.97 Å². The van der Waals surface area contributed by atoms with Gasteiger partial charge >= 0.3 is 12.1 Å². The van der Waals surface area contributed by atoms with Crippen molar-refractivity contribution in [3.05, 3.63) is 72.1 Å². The van der Waals surface area contributed by atoms with Crippen LogP contribution in [0.3, 0.4) is 0 Å². The quantitative estimate of drug-likeness (QED) is 0.307. The van der Waals surface area contributed by atoms with Gasteiger partial charge in [-0.3, -0.25) is 14.5 Å². The van der Waals surface area contributed by atoms with Crippen LogP contribution < -0.4 is 10.2 Å². The van der Waals surface area contributed by atoms with E-state index in [0.717, 1.165) is 11.1 Å². The second-order valence-electron chi connectivity index (χ2n) is 12.4. The number of carbonyl (C=O) groups is 2. The Morgan fingerprint density at radius 2 is 1.68 bits per heavy atom. The number of carbonyl (C=O) groups excluding carboxylic acids is 2. The van der Waals surface area contributed by atoms with Gasteiger partial charge in [-0.1, -0.05) is 36.4 Å². The number of halogens is 3. The average molecular weight is 610 g/mol. The summed E-state index contributed by atoms with van der Waals surface area (Å²) >= 11 is 0. The molecule has 0 bridgehead atoms. The summed E-state index contributed by atoms with van der Waals surface area (Å²) in [6, 6.07) is 13.1. The van der Waals surface area contributed by atoms with Crippen LogP contribution in [0.25, 0.3) is 11.1 Å². The zero-order valence-electron chi connectivity index (χ0n) is 25.2. The van der Waals surface area contributed by atoms with Crippen molar-refractivity contribution in [3.63, 3.8) is 0 Å². The number of amides is 1. The minimum Gasteiger partial charge on any atom is -0.460 e. The number of anilines is 2. The molecule has 11 heteroatoms. The van der Waals surface area contributed by atoms with Gasteiger partial charge in [0.15, 0.2) is 5.82 Å². The molecule has 8 nitrogen and oxygen atoms in total. The number of hydrogen-bond acceptors (Lipinski definition) is 7. The van der Waals surface area contributed by atoms with E-state index in [1.807, 2.05) is 56.0 Å². The number of benzene rings is 2. The van der Waals surface area contributed by atoms with Crippen LogP contribution in [0.1, 0.15) is 62.4 Å². The molecule has 0 radical (unpaired) electrons. The maximum atomic E-state index is 13.7. The number of rotatable bonds is 7. The molecule has 3 heterocycles. The fraction of sp³-hybridized carbons (Fsp3) is 0.455. The SMILES string of the molecule is CC(C)(C)OC(=O)C1CCN(c2cnc(NC(=O)c3ccc(-c4ccccc4)c(CN4CCC[C@H]4C(F)(F)F)c3)cn2)CC1. The van der Waals surface area contributed by atoms with Gasteiger partial charge in [0.2, 0.25) is 0 Å². The molecule has 3 aromatic rings. The lowest BCUT2D eigenvalue weighted by Gasteiger charge is -2.33. The van der Waals surface area contributed by atoms with Crippen molar-refractivity contribution in [2.24, 2.45) is 5.92 Å². The second kappa shape index (κ2) is 12.9. The number of piperidine rings is 1. The Hall–Kier alpha value is -3.99. The van der Waals surface area contributed by atoms with Crippen LogP contribution in [0.5, 0.6) is 0 Å². The third kappa shape index (κ3) is 7.74. The summed E-state index contributed by atoms with van der Waals surface area (Å²) < 4.78 is 46.6. The summed E-state index contributed by atoms with van der Waals surface area (Å²) in [7, 11) is 0. The molecular formula is C33H38F3N5O3. The van der Waals surface area contributed by atoms with E-state index in [2.05, 4.69) is 15.3 Å². The molecule has 2 aromatic carbocycles. The standard InChI is InChI=1S/C33H38F3N5O3/c1-32(2,3)44-31(43)23-13-16-40(17-14-23)29-20-37-28(19-38-29)39-30(42)24-11-12-26(22-8-5-4-6-9-22)25(18-24)21-41-15-7-10-27(41)33(34,35)36/h4-6,8-9,11-12,18-20,23,27H,7,10,13-17,21H2,1-3H3,(H,37,39,42)/t27-/m0/s1. The third-order valence-electron chi connectivity index (χ3n) is 8.01. The molecule has 234 valence electrons. The lowest BCUT2D eigenvalue weighted by Crippen LogP contribution is -2.40. The van der Waals surface area contributed by atoms with Crippen LogP contribution in [0.15, 0.2) is 60.9 Å². The maximum absolute atomic E-state index is 13.7. The van der Waals surface area contributed by atoms with E-state index >= 15 is 0 Å². The summed E-state index contributed by atoms with van der Waals surface area (Å²) in [4.78, 5) is 38.0. The Morgan fingerprint density at radius 3 is 2.32 bits per heavy atom. The first kappa shape index (κ1) is 31.4. The van der Waals surface area contributed by atoms with E-state index in [0.29, 0.717) is 55.8 Å². The molecule has 2 saturated heterocycles. The van der Waals surface area contributed by atoms with Crippen LogP contribution in [0.2, 0.25) is 0 Å². The van der Waals surface area contributed by atoms with Crippen molar-refractivity contribution >= 4 is 23.5 Å². The topological polar surface area (TPSA) is 87.7 Å². The summed E-state index contributed by atoms with van der Waals surface area (Å²) in [6.07, 6.45) is 0.594. The molecule has 0 saturated carbocycles. The van der Waals surface area contributed by atoms with Gasteiger partial charge in [0, 0.05) is 25.2 Å². The minimum absolute atomic E-state index is 0.0702. The first-order valence-electron chi connectivity index (χ1n) is 15.0. The highest BCUT2D eigenvalue weighted by Crippen LogP contribution is 2.35. The van der Waals surface area contributed by atoms with Crippen LogP contribution in [0, 0.1) is 5.92 Å². The fourth-order valence-electron chi connectivity index (χ4n) is 5.84. The van der Waals surface area contributed by atoms with Crippen molar-refractivity contribution in [2.45, 2.75) is 70.8 Å². The number of likely N-dealkylation sites (tertiary alicyclic amines) is 1. The number of ether oxygens (including phenoxy) is 1. The highest BCUT2D eigenvalue weighted by molar-refractivity contribution is 6.04. The largest absolute Gasteiger partial charge is 0.460 e. The Balaban J connectivity index is 1.26. The van der Waals surface area contributed by atoms with E-state index in [4.69, 9.17) is 4.74 Å². The van der Waals surface area contributed by atoms with E-state index in [1.54, 1.807) is 24.4 Å². The predicted molar refractivity (Wildman–Crippen MR) is 162 cm³/mol. The minimum atomic E-state index is -4.31. The number of nitrogens with one attached hydrogen (secondary N) is 1. The predicted octanol–water partition coefficient (Wildman–Crippen LogP) is 6.48. The number of aromatic nitrogens is 2. The first-order chi connectivity index (χ1) is 20.9. The highest BCUT2D eigenvalue weighted by Gasteiger charge is 2.45. The van der Waals surface area contributed by atoms with Crippen LogP contribution in [-0.4, -0.2) is 64.2 Å². The lowest BCUT2D eigenvalue weighted by molar-refractivity contribution is -0.177. The van der Waals surface area contributed by atoms with E-state index in [1.165, 1.54) is 11.1 Å². The summed E-state index contributed by atoms with van der Waals surface area (Å²) in [5.41, 5.74) is 2.10. The van der Waals surface area contributed by atoms with Crippen LogP contribution >= 0.6 is 0 Å². The van der Waals surface area contributed by atoms with Crippen molar-refractivity contribution in [1.82, 2.24) is 14.9 Å². The molecule has 2 aliphatic rings. The fourth-order valence-corrected chi connectivity index (χ4v) is 5.84. The molecule has 0 aliphatic carbocycles. The van der Waals surface area contributed by atoms with E-state index < -0.39 is 23.7 Å².